The molecule has 10 heteroatoms. The van der Waals surface area contributed by atoms with E-state index in [4.69, 9.17) is 21.7 Å². The van der Waals surface area contributed by atoms with Crippen molar-refractivity contribution in [2.24, 2.45) is 5.10 Å². The number of carbonyl (C=O) groups is 1. The number of nitrogens with one attached hydrogen (secondary N) is 1. The van der Waals surface area contributed by atoms with Gasteiger partial charge in [0, 0.05) is 12.6 Å². The zero-order chi connectivity index (χ0) is 19.6. The maximum Gasteiger partial charge on any atom is 0.308 e. The lowest BCUT2D eigenvalue weighted by atomic mass is 10.2. The van der Waals surface area contributed by atoms with Gasteiger partial charge in [0.2, 0.25) is 4.77 Å². The number of nitrogens with zero attached hydrogens (tertiary/aromatic N) is 5. The molecule has 0 atom stereocenters. The van der Waals surface area contributed by atoms with E-state index in [9.17, 15) is 4.79 Å². The summed E-state index contributed by atoms with van der Waals surface area (Å²) in [5, 5.41) is 15.7. The van der Waals surface area contributed by atoms with E-state index in [0.29, 0.717) is 22.2 Å². The third kappa shape index (κ3) is 3.95. The van der Waals surface area contributed by atoms with E-state index < -0.39 is 5.97 Å². The van der Waals surface area contributed by atoms with Crippen LogP contribution in [0.5, 0.6) is 11.5 Å². The molecule has 0 saturated heterocycles. The Kier molecular flexibility index (Phi) is 5.17. The largest absolute Gasteiger partial charge is 0.493 e. The molecule has 140 valence electrons. The van der Waals surface area contributed by atoms with E-state index in [-0.39, 0.29) is 0 Å². The SMILES string of the molecule is COc1cc(/C=N\n2c(-n3nc(C)cc3C)n[nH]c2=S)ccc1OC(C)=O. The standard InChI is InChI=1S/C17H18N6O3S/c1-10-7-11(2)22(21-10)16-19-20-17(27)23(16)18-9-13-5-6-14(26-12(3)24)15(8-13)25-4/h5-9H,1-4H3,(H,20,27)/b18-9-. The number of esters is 1. The van der Waals surface area contributed by atoms with Crippen molar-refractivity contribution in [3.63, 3.8) is 0 Å². The van der Waals surface area contributed by atoms with Gasteiger partial charge in [-0.3, -0.25) is 4.79 Å². The average molecular weight is 386 g/mol. The van der Waals surface area contributed by atoms with Crippen LogP contribution < -0.4 is 9.47 Å². The molecule has 0 amide bonds. The number of benzene rings is 1. The first-order valence-electron chi connectivity index (χ1n) is 8.01. The molecule has 0 radical (unpaired) electrons. The minimum Gasteiger partial charge on any atom is -0.493 e. The van der Waals surface area contributed by atoms with Gasteiger partial charge in [-0.1, -0.05) is 0 Å². The third-order valence-electron chi connectivity index (χ3n) is 3.60. The smallest absolute Gasteiger partial charge is 0.308 e. The van der Waals surface area contributed by atoms with Crippen LogP contribution in [0.1, 0.15) is 23.9 Å². The van der Waals surface area contributed by atoms with E-state index in [2.05, 4.69) is 20.4 Å². The average Bonchev–Trinajstić information content (AvgIpc) is 3.14. The number of ether oxygens (including phenoxy) is 2. The quantitative estimate of drug-likeness (QED) is 0.313. The van der Waals surface area contributed by atoms with Crippen molar-refractivity contribution in [2.75, 3.05) is 7.11 Å². The lowest BCUT2D eigenvalue weighted by Crippen LogP contribution is -2.07. The van der Waals surface area contributed by atoms with Gasteiger partial charge in [-0.25, -0.2) is 9.78 Å². The van der Waals surface area contributed by atoms with Gasteiger partial charge in [0.25, 0.3) is 5.95 Å². The monoisotopic (exact) mass is 386 g/mol. The first-order valence-corrected chi connectivity index (χ1v) is 8.41. The summed E-state index contributed by atoms with van der Waals surface area (Å²) in [6, 6.07) is 7.02. The van der Waals surface area contributed by atoms with Crippen LogP contribution in [-0.2, 0) is 4.79 Å². The second-order valence-corrected chi connectivity index (χ2v) is 6.11. The first-order chi connectivity index (χ1) is 12.9. The fourth-order valence-corrected chi connectivity index (χ4v) is 2.66. The van der Waals surface area contributed by atoms with Gasteiger partial charge in [0.15, 0.2) is 11.5 Å². The zero-order valence-corrected chi connectivity index (χ0v) is 16.1. The molecule has 0 unspecified atom stereocenters. The van der Waals surface area contributed by atoms with Crippen molar-refractivity contribution in [1.82, 2.24) is 24.7 Å². The number of hydrogen-bond donors (Lipinski definition) is 1. The molecule has 27 heavy (non-hydrogen) atoms. The maximum absolute atomic E-state index is 11.1. The fourth-order valence-electron chi connectivity index (χ4n) is 2.48. The minimum atomic E-state index is -0.422. The van der Waals surface area contributed by atoms with Gasteiger partial charge in [0.05, 0.1) is 19.0 Å². The molecular formula is C17H18N6O3S. The molecule has 0 aliphatic rings. The van der Waals surface area contributed by atoms with Crippen LogP contribution in [0.4, 0.5) is 0 Å². The normalized spacial score (nSPS) is 11.1. The Balaban J connectivity index is 1.95. The molecule has 0 fully saturated rings. The highest BCUT2D eigenvalue weighted by atomic mass is 32.1. The molecule has 2 heterocycles. The summed E-state index contributed by atoms with van der Waals surface area (Å²) in [5.41, 5.74) is 2.50. The Hall–Kier alpha value is -3.27. The van der Waals surface area contributed by atoms with Crippen molar-refractivity contribution in [1.29, 1.82) is 0 Å². The Morgan fingerprint density at radius 1 is 1.30 bits per heavy atom. The number of aryl methyl sites for hydroxylation is 2. The summed E-state index contributed by atoms with van der Waals surface area (Å²) >= 11 is 5.26. The Morgan fingerprint density at radius 2 is 2.07 bits per heavy atom. The Morgan fingerprint density at radius 3 is 2.70 bits per heavy atom. The van der Waals surface area contributed by atoms with E-state index in [0.717, 1.165) is 17.0 Å². The van der Waals surface area contributed by atoms with E-state index >= 15 is 0 Å². The number of hydrogen-bond acceptors (Lipinski definition) is 7. The van der Waals surface area contributed by atoms with E-state index in [1.807, 2.05) is 19.9 Å². The van der Waals surface area contributed by atoms with Gasteiger partial charge in [-0.05, 0) is 55.9 Å². The topological polar surface area (TPSA) is 99.3 Å². The number of methoxy groups -OCH3 is 1. The summed E-state index contributed by atoms with van der Waals surface area (Å²) in [6.07, 6.45) is 1.60. The van der Waals surface area contributed by atoms with Crippen molar-refractivity contribution in [2.45, 2.75) is 20.8 Å². The van der Waals surface area contributed by atoms with Gasteiger partial charge in [-0.2, -0.15) is 14.9 Å². The second-order valence-electron chi connectivity index (χ2n) is 5.73. The lowest BCUT2D eigenvalue weighted by Gasteiger charge is -2.08. The van der Waals surface area contributed by atoms with Crippen molar-refractivity contribution in [3.05, 3.63) is 46.0 Å². The molecule has 0 aliphatic heterocycles. The van der Waals surface area contributed by atoms with Crippen LogP contribution >= 0.6 is 12.2 Å². The van der Waals surface area contributed by atoms with E-state index in [1.54, 1.807) is 29.1 Å². The maximum atomic E-state index is 11.1. The van der Waals surface area contributed by atoms with Crippen LogP contribution in [-0.4, -0.2) is 43.9 Å². The molecule has 3 aromatic rings. The first kappa shape index (κ1) is 18.5. The highest BCUT2D eigenvalue weighted by molar-refractivity contribution is 7.71. The molecule has 9 nitrogen and oxygen atoms in total. The number of rotatable bonds is 5. The van der Waals surface area contributed by atoms with Gasteiger partial charge in [0.1, 0.15) is 0 Å². The zero-order valence-electron chi connectivity index (χ0n) is 15.3. The Bertz CT molecular complexity index is 1080. The van der Waals surface area contributed by atoms with Crippen molar-refractivity contribution in [3.8, 4) is 17.4 Å². The minimum absolute atomic E-state index is 0.331. The number of aromatic amines is 1. The highest BCUT2D eigenvalue weighted by Crippen LogP contribution is 2.27. The van der Waals surface area contributed by atoms with Crippen LogP contribution in [0.3, 0.4) is 0 Å². The molecule has 1 aromatic carbocycles. The molecule has 0 spiro atoms. The molecule has 0 bridgehead atoms. The Labute approximate surface area is 160 Å². The molecular weight excluding hydrogens is 368 g/mol. The predicted molar refractivity (Wildman–Crippen MR) is 101 cm³/mol. The molecule has 0 aliphatic carbocycles. The van der Waals surface area contributed by atoms with Crippen molar-refractivity contribution < 1.29 is 14.3 Å². The predicted octanol–water partition coefficient (Wildman–Crippen LogP) is 2.56. The fraction of sp³-hybridized carbons (Fsp3) is 0.235. The van der Waals surface area contributed by atoms with Crippen molar-refractivity contribution >= 4 is 24.4 Å². The third-order valence-corrected chi connectivity index (χ3v) is 3.86. The summed E-state index contributed by atoms with van der Waals surface area (Å²) < 4.78 is 13.8. The summed E-state index contributed by atoms with van der Waals surface area (Å²) in [6.45, 7) is 5.15. The van der Waals surface area contributed by atoms with Crippen LogP contribution in [0.15, 0.2) is 29.4 Å². The van der Waals surface area contributed by atoms with Gasteiger partial charge in [-0.15, -0.1) is 5.10 Å². The van der Waals surface area contributed by atoms with Crippen LogP contribution in [0, 0.1) is 18.6 Å². The number of H-pyrrole nitrogens is 1. The summed E-state index contributed by atoms with van der Waals surface area (Å²) in [5.74, 6) is 0.786. The molecule has 3 rings (SSSR count). The summed E-state index contributed by atoms with van der Waals surface area (Å²) in [7, 11) is 1.50. The van der Waals surface area contributed by atoms with Crippen LogP contribution in [0.25, 0.3) is 5.95 Å². The highest BCUT2D eigenvalue weighted by Gasteiger charge is 2.12. The second kappa shape index (κ2) is 7.54. The molecule has 2 aromatic heterocycles. The van der Waals surface area contributed by atoms with Crippen LogP contribution in [0.2, 0.25) is 0 Å². The van der Waals surface area contributed by atoms with Gasteiger partial charge < -0.3 is 9.47 Å². The summed E-state index contributed by atoms with van der Waals surface area (Å²) in [4.78, 5) is 11.1. The molecule has 1 N–H and O–H groups in total. The van der Waals surface area contributed by atoms with Gasteiger partial charge >= 0.3 is 5.97 Å². The van der Waals surface area contributed by atoms with E-state index in [1.165, 1.54) is 18.7 Å². The lowest BCUT2D eigenvalue weighted by molar-refractivity contribution is -0.132. The number of aromatic nitrogens is 5. The number of carbonyl (C=O) groups excluding carboxylic acids is 1. The molecule has 0 saturated carbocycles.